The number of nitrogens with zero attached hydrogens (tertiary/aromatic N) is 1. The molecule has 1 atom stereocenters. The third-order valence-electron chi connectivity index (χ3n) is 7.24. The summed E-state index contributed by atoms with van der Waals surface area (Å²) < 4.78 is 44.6. The van der Waals surface area contributed by atoms with E-state index in [-0.39, 0.29) is 6.42 Å². The van der Waals surface area contributed by atoms with E-state index in [1.165, 1.54) is 22.1 Å². The van der Waals surface area contributed by atoms with Crippen LogP contribution in [-0.2, 0) is 16.1 Å². The number of fused-ring (bicyclic) bond motifs is 1. The Hall–Kier alpha value is -2.32. The molecule has 4 rings (SSSR count). The summed E-state index contributed by atoms with van der Waals surface area (Å²) in [4.78, 5) is 15.1. The van der Waals surface area contributed by atoms with Crippen LogP contribution in [0.2, 0.25) is 0 Å². The number of thiophene rings is 1. The van der Waals surface area contributed by atoms with Gasteiger partial charge >= 0.3 is 12.1 Å². The second-order valence-electron chi connectivity index (χ2n) is 10.1. The van der Waals surface area contributed by atoms with Crippen LogP contribution < -0.4 is 0 Å². The third-order valence-corrected chi connectivity index (χ3v) is 8.31. The van der Waals surface area contributed by atoms with Crippen LogP contribution >= 0.6 is 11.3 Å². The van der Waals surface area contributed by atoms with Crippen molar-refractivity contribution in [1.29, 1.82) is 0 Å². The Bertz CT molecular complexity index is 1110. The van der Waals surface area contributed by atoms with Gasteiger partial charge in [-0.1, -0.05) is 23.8 Å². The normalized spacial score (nSPS) is 21.8. The highest BCUT2D eigenvalue weighted by atomic mass is 32.1. The predicted molar refractivity (Wildman–Crippen MR) is 132 cm³/mol. The fraction of sp³-hybridized carbons (Fsp3) is 0.519. The van der Waals surface area contributed by atoms with E-state index in [0.29, 0.717) is 12.3 Å². The van der Waals surface area contributed by atoms with Crippen LogP contribution in [0.4, 0.5) is 13.2 Å². The van der Waals surface area contributed by atoms with Crippen molar-refractivity contribution in [1.82, 2.24) is 4.90 Å². The second-order valence-corrected chi connectivity index (χ2v) is 11.1. The smallest absolute Gasteiger partial charge is 0.412 e. The van der Waals surface area contributed by atoms with Crippen molar-refractivity contribution >= 4 is 22.9 Å². The Balaban J connectivity index is 1.38. The van der Waals surface area contributed by atoms with Gasteiger partial charge < -0.3 is 9.84 Å². The Kier molecular flexibility index (Phi) is 7.34. The molecule has 0 aromatic carbocycles. The maximum atomic E-state index is 12.9. The Labute approximate surface area is 208 Å². The molecule has 1 N–H and O–H groups in total. The zero-order valence-electron chi connectivity index (χ0n) is 20.4. The average molecular weight is 508 g/mol. The fourth-order valence-electron chi connectivity index (χ4n) is 4.93. The molecule has 1 unspecified atom stereocenters. The summed E-state index contributed by atoms with van der Waals surface area (Å²) in [7, 11) is 0. The summed E-state index contributed by atoms with van der Waals surface area (Å²) in [5.41, 5.74) is 2.90. The van der Waals surface area contributed by atoms with Crippen LogP contribution in [0.3, 0.4) is 0 Å². The van der Waals surface area contributed by atoms with Gasteiger partial charge in [0.1, 0.15) is 0 Å². The van der Waals surface area contributed by atoms with Gasteiger partial charge in [0.05, 0.1) is 5.76 Å². The zero-order valence-corrected chi connectivity index (χ0v) is 21.2. The first-order valence-electron chi connectivity index (χ1n) is 12.0. The number of allylic oxidation sites excluding steroid dienone is 7. The predicted octanol–water partition coefficient (Wildman–Crippen LogP) is 7.03. The van der Waals surface area contributed by atoms with Crippen molar-refractivity contribution in [3.63, 3.8) is 0 Å². The average Bonchev–Trinajstić information content (AvgIpc) is 3.02. The summed E-state index contributed by atoms with van der Waals surface area (Å²) in [6, 6.07) is 0. The molecule has 4 nitrogen and oxygen atoms in total. The highest BCUT2D eigenvalue weighted by Crippen LogP contribution is 2.39. The molecule has 35 heavy (non-hydrogen) atoms. The monoisotopic (exact) mass is 507 g/mol. The van der Waals surface area contributed by atoms with Crippen LogP contribution in [0.25, 0.3) is 5.57 Å². The molecular weight excluding hydrogens is 475 g/mol. The van der Waals surface area contributed by atoms with E-state index in [0.717, 1.165) is 55.8 Å². The summed E-state index contributed by atoms with van der Waals surface area (Å²) in [5, 5.41) is 11.4. The van der Waals surface area contributed by atoms with E-state index >= 15 is 0 Å². The first-order chi connectivity index (χ1) is 16.4. The summed E-state index contributed by atoms with van der Waals surface area (Å²) in [5.74, 6) is 0.0974. The number of hydrogen-bond donors (Lipinski definition) is 1. The molecule has 1 saturated heterocycles. The maximum Gasteiger partial charge on any atom is 0.412 e. The van der Waals surface area contributed by atoms with Crippen LogP contribution in [0.15, 0.2) is 46.6 Å². The first kappa shape index (κ1) is 25.8. The molecule has 1 aromatic rings. The van der Waals surface area contributed by atoms with Crippen LogP contribution in [-0.4, -0.2) is 40.8 Å². The van der Waals surface area contributed by atoms with E-state index in [1.807, 2.05) is 6.08 Å². The summed E-state index contributed by atoms with van der Waals surface area (Å²) in [6.45, 7) is 7.91. The number of rotatable bonds is 6. The summed E-state index contributed by atoms with van der Waals surface area (Å²) in [6.07, 6.45) is 5.74. The largest absolute Gasteiger partial charge is 0.480 e. The Morgan fingerprint density at radius 1 is 1.14 bits per heavy atom. The van der Waals surface area contributed by atoms with Gasteiger partial charge in [0.2, 0.25) is 0 Å². The molecule has 0 bridgehead atoms. The Morgan fingerprint density at radius 2 is 1.91 bits per heavy atom. The molecule has 2 aliphatic carbocycles. The van der Waals surface area contributed by atoms with Gasteiger partial charge in [0, 0.05) is 30.0 Å². The SMILES string of the molecule is Cc1c(C2=CC=C(C(F)(F)F)CC2)csc1CN1CCC2=CC=C(OC(C)(C)C(=O)O)CC2CC1. The molecule has 0 amide bonds. The summed E-state index contributed by atoms with van der Waals surface area (Å²) >= 11 is 1.69. The molecule has 0 saturated carbocycles. The van der Waals surface area contributed by atoms with Gasteiger partial charge in [0.15, 0.2) is 5.60 Å². The second kappa shape index (κ2) is 9.97. The van der Waals surface area contributed by atoms with Gasteiger partial charge in [-0.15, -0.1) is 11.3 Å². The lowest BCUT2D eigenvalue weighted by atomic mass is 9.87. The van der Waals surface area contributed by atoms with Gasteiger partial charge in [0.25, 0.3) is 0 Å². The quantitative estimate of drug-likeness (QED) is 0.449. The zero-order chi connectivity index (χ0) is 25.4. The van der Waals surface area contributed by atoms with Gasteiger partial charge in [-0.3, -0.25) is 4.90 Å². The number of carbonyl (C=O) groups is 1. The lowest BCUT2D eigenvalue weighted by molar-refractivity contribution is -0.157. The minimum absolute atomic E-state index is 0.0337. The van der Waals surface area contributed by atoms with Crippen molar-refractivity contribution < 1.29 is 27.8 Å². The van der Waals surface area contributed by atoms with Crippen molar-refractivity contribution in [2.24, 2.45) is 5.92 Å². The van der Waals surface area contributed by atoms with Crippen molar-refractivity contribution in [2.75, 3.05) is 13.1 Å². The molecule has 0 spiro atoms. The maximum absolute atomic E-state index is 12.9. The van der Waals surface area contributed by atoms with Gasteiger partial charge in [-0.25, -0.2) is 4.79 Å². The third kappa shape index (κ3) is 5.92. The van der Waals surface area contributed by atoms with Crippen molar-refractivity contribution in [3.8, 4) is 0 Å². The van der Waals surface area contributed by atoms with Gasteiger partial charge in [-0.2, -0.15) is 13.2 Å². The van der Waals surface area contributed by atoms with Crippen LogP contribution in [0.1, 0.15) is 62.0 Å². The topological polar surface area (TPSA) is 49.8 Å². The highest BCUT2D eigenvalue weighted by Gasteiger charge is 2.35. The number of aliphatic carboxylic acids is 1. The number of alkyl halides is 3. The standard InChI is InChI=1S/C27H32F3NO3S/c1-17-23(19-4-7-21(8-5-19)27(28,29)30)16-35-24(17)15-31-12-10-18-6-9-22(14-20(18)11-13-31)34-26(2,3)25(32)33/h4,6-7,9,16,20H,5,8,10-15H2,1-3H3,(H,32,33). The lowest BCUT2D eigenvalue weighted by Gasteiger charge is -2.28. The molecule has 0 radical (unpaired) electrons. The highest BCUT2D eigenvalue weighted by molar-refractivity contribution is 7.10. The molecule has 3 aliphatic rings. The van der Waals surface area contributed by atoms with E-state index in [2.05, 4.69) is 23.3 Å². The molecular formula is C27H32F3NO3S. The minimum atomic E-state index is -4.24. The number of ether oxygens (including phenoxy) is 1. The number of likely N-dealkylation sites (tertiary alicyclic amines) is 1. The molecule has 1 fully saturated rings. The molecule has 1 aromatic heterocycles. The Morgan fingerprint density at radius 3 is 2.57 bits per heavy atom. The van der Waals surface area contributed by atoms with E-state index in [9.17, 15) is 23.1 Å². The first-order valence-corrected chi connectivity index (χ1v) is 12.9. The van der Waals surface area contributed by atoms with E-state index in [1.54, 1.807) is 31.3 Å². The van der Waals surface area contributed by atoms with Gasteiger partial charge in [-0.05, 0) is 87.1 Å². The number of halogens is 3. The van der Waals surface area contributed by atoms with Crippen LogP contribution in [0, 0.1) is 12.8 Å². The minimum Gasteiger partial charge on any atom is -0.480 e. The lowest BCUT2D eigenvalue weighted by Crippen LogP contribution is -2.35. The number of carboxylic acids is 1. The van der Waals surface area contributed by atoms with E-state index in [4.69, 9.17) is 4.74 Å². The molecule has 190 valence electrons. The fourth-order valence-corrected chi connectivity index (χ4v) is 6.06. The van der Waals surface area contributed by atoms with E-state index < -0.39 is 23.3 Å². The number of carboxylic acid groups (broad SMARTS) is 1. The van der Waals surface area contributed by atoms with Crippen molar-refractivity contribution in [2.45, 2.75) is 71.2 Å². The molecule has 2 heterocycles. The van der Waals surface area contributed by atoms with Crippen molar-refractivity contribution in [3.05, 3.63) is 62.6 Å². The number of hydrogen-bond acceptors (Lipinski definition) is 4. The molecule has 8 heteroatoms. The van der Waals surface area contributed by atoms with Crippen LogP contribution in [0.5, 0.6) is 0 Å². The molecule has 1 aliphatic heterocycles.